The van der Waals surface area contributed by atoms with E-state index in [-0.39, 0.29) is 0 Å². The number of nitrogens with two attached hydrogens (primary N) is 1. The number of nitrogen functional groups attached to an aromatic ring is 1. The van der Waals surface area contributed by atoms with Gasteiger partial charge >= 0.3 is 0 Å². The monoisotopic (exact) mass is 251 g/mol. The highest BCUT2D eigenvalue weighted by molar-refractivity contribution is 7.66. The van der Waals surface area contributed by atoms with Gasteiger partial charge in [-0.3, -0.25) is 4.55 Å². The van der Waals surface area contributed by atoms with E-state index in [0.717, 1.165) is 5.69 Å². The van der Waals surface area contributed by atoms with Crippen LogP contribution in [0, 0.1) is 0 Å². The van der Waals surface area contributed by atoms with E-state index in [4.69, 9.17) is 18.7 Å². The molecule has 4 nitrogen and oxygen atoms in total. The normalized spacial score (nSPS) is 9.53. The van der Waals surface area contributed by atoms with Crippen molar-refractivity contribution in [3.63, 3.8) is 0 Å². The van der Waals surface area contributed by atoms with Crippen LogP contribution >= 0.6 is 0 Å². The minimum Gasteiger partial charge on any atom is -0.399 e. The molecule has 0 aliphatic rings. The molecule has 17 heavy (non-hydrogen) atoms. The Balaban J connectivity index is 0.000000317. The Bertz CT molecular complexity index is 513. The van der Waals surface area contributed by atoms with E-state index in [0.29, 0.717) is 0 Å². The molecule has 0 aromatic heterocycles. The highest BCUT2D eigenvalue weighted by atomic mass is 32.2. The van der Waals surface area contributed by atoms with Crippen molar-refractivity contribution >= 4 is 16.7 Å². The van der Waals surface area contributed by atoms with Crippen molar-refractivity contribution in [3.05, 3.63) is 54.6 Å². The van der Waals surface area contributed by atoms with Gasteiger partial charge in [0.05, 0.1) is 0 Å². The van der Waals surface area contributed by atoms with Crippen LogP contribution in [0.5, 0.6) is 0 Å². The molecular formula is C12H13NO3S. The second-order valence-corrected chi connectivity index (χ2v) is 3.70. The summed E-state index contributed by atoms with van der Waals surface area (Å²) in [5.74, 6) is 0. The highest BCUT2D eigenvalue weighted by Gasteiger charge is 1.94. The van der Waals surface area contributed by atoms with Gasteiger partial charge in [0, 0.05) is 5.69 Å². The van der Waals surface area contributed by atoms with Gasteiger partial charge < -0.3 is 5.73 Å². The van der Waals surface area contributed by atoms with Crippen LogP contribution in [0.25, 0.3) is 11.1 Å². The van der Waals surface area contributed by atoms with Gasteiger partial charge in [-0.05, 0) is 23.3 Å². The molecule has 0 spiro atoms. The van der Waals surface area contributed by atoms with E-state index in [1.165, 1.54) is 11.1 Å². The maximum absolute atomic E-state index is 8.59. The molecule has 3 N–H and O–H groups in total. The van der Waals surface area contributed by atoms with Crippen molar-refractivity contribution in [2.24, 2.45) is 0 Å². The molecule has 0 heterocycles. The third-order valence-corrected chi connectivity index (χ3v) is 2.02. The van der Waals surface area contributed by atoms with Crippen molar-refractivity contribution in [2.75, 3.05) is 5.73 Å². The van der Waals surface area contributed by atoms with Gasteiger partial charge in [0.25, 0.3) is 11.0 Å². The summed E-state index contributed by atoms with van der Waals surface area (Å²) in [6.45, 7) is 0. The van der Waals surface area contributed by atoms with Gasteiger partial charge in [0.15, 0.2) is 0 Å². The number of rotatable bonds is 1. The molecule has 0 unspecified atom stereocenters. The lowest BCUT2D eigenvalue weighted by Gasteiger charge is -2.00. The molecule has 2 aromatic rings. The van der Waals surface area contributed by atoms with Crippen LogP contribution in [0.15, 0.2) is 54.6 Å². The summed E-state index contributed by atoms with van der Waals surface area (Å²) in [6.07, 6.45) is 0. The van der Waals surface area contributed by atoms with Crippen molar-refractivity contribution in [2.45, 2.75) is 0 Å². The quantitative estimate of drug-likeness (QED) is 0.411. The summed E-state index contributed by atoms with van der Waals surface area (Å²) < 4.78 is 24.2. The van der Waals surface area contributed by atoms with Crippen molar-refractivity contribution in [1.82, 2.24) is 0 Å². The fourth-order valence-electron chi connectivity index (χ4n) is 1.31. The van der Waals surface area contributed by atoms with Crippen LogP contribution in [0.1, 0.15) is 0 Å². The number of hydrogen-bond acceptors (Lipinski definition) is 3. The van der Waals surface area contributed by atoms with Crippen LogP contribution in [-0.4, -0.2) is 13.0 Å². The van der Waals surface area contributed by atoms with E-state index in [2.05, 4.69) is 12.1 Å². The molecule has 2 aromatic carbocycles. The molecule has 0 saturated carbocycles. The maximum atomic E-state index is 8.59. The number of thiol groups is 1. The summed E-state index contributed by atoms with van der Waals surface area (Å²) in [7, 11) is -3.12. The topological polar surface area (TPSA) is 80.4 Å². The van der Waals surface area contributed by atoms with E-state index in [9.17, 15) is 0 Å². The fourth-order valence-corrected chi connectivity index (χ4v) is 1.31. The summed E-state index contributed by atoms with van der Waals surface area (Å²) in [5.41, 5.74) is 8.84. The Morgan fingerprint density at radius 3 is 1.71 bits per heavy atom. The molecule has 2 rings (SSSR count). The fraction of sp³-hybridized carbons (Fsp3) is 0. The van der Waals surface area contributed by atoms with Crippen LogP contribution < -0.4 is 5.73 Å². The lowest BCUT2D eigenvalue weighted by molar-refractivity contribution is 0.509. The van der Waals surface area contributed by atoms with Crippen LogP contribution in [0.4, 0.5) is 5.69 Å². The van der Waals surface area contributed by atoms with Gasteiger partial charge in [-0.1, -0.05) is 42.5 Å². The Morgan fingerprint density at radius 1 is 0.824 bits per heavy atom. The first-order chi connectivity index (χ1) is 8.09. The zero-order valence-corrected chi connectivity index (χ0v) is 9.88. The Kier molecular flexibility index (Phi) is 5.19. The third kappa shape index (κ3) is 5.14. The average molecular weight is 251 g/mol. The van der Waals surface area contributed by atoms with Crippen LogP contribution in [0.2, 0.25) is 0 Å². The van der Waals surface area contributed by atoms with E-state index in [1.54, 1.807) is 0 Å². The van der Waals surface area contributed by atoms with Gasteiger partial charge in [0.1, 0.15) is 0 Å². The first-order valence-electron chi connectivity index (χ1n) is 4.84. The van der Waals surface area contributed by atoms with E-state index < -0.39 is 11.0 Å². The summed E-state index contributed by atoms with van der Waals surface area (Å²) >= 11 is 0. The molecule has 0 fully saturated rings. The summed E-state index contributed by atoms with van der Waals surface area (Å²) in [5, 5.41) is 0. The standard InChI is InChI=1S/C12H11N.H2O3S/c13-12-8-6-11(7-9-12)10-4-2-1-3-5-10;1-4(2)3/h1-9H,13H2;4H,(H,1,2,3). The van der Waals surface area contributed by atoms with Gasteiger partial charge in [-0.25, -0.2) is 8.42 Å². The summed E-state index contributed by atoms with van der Waals surface area (Å²) in [4.78, 5) is 0. The predicted molar refractivity (Wildman–Crippen MR) is 69.2 cm³/mol. The maximum Gasteiger partial charge on any atom is 0.254 e. The molecule has 0 atom stereocenters. The first-order valence-corrected chi connectivity index (χ1v) is 5.97. The third-order valence-electron chi connectivity index (χ3n) is 2.02. The lowest BCUT2D eigenvalue weighted by atomic mass is 10.1. The molecule has 5 heteroatoms. The second-order valence-electron chi connectivity index (χ2n) is 3.23. The van der Waals surface area contributed by atoms with Crippen LogP contribution in [0.3, 0.4) is 0 Å². The summed E-state index contributed by atoms with van der Waals surface area (Å²) in [6, 6.07) is 18.2. The first kappa shape index (κ1) is 13.2. The van der Waals surface area contributed by atoms with E-state index >= 15 is 0 Å². The minimum absolute atomic E-state index is 0.805. The zero-order chi connectivity index (χ0) is 12.7. The number of benzene rings is 2. The second kappa shape index (κ2) is 6.67. The molecule has 0 radical (unpaired) electrons. The largest absolute Gasteiger partial charge is 0.399 e. The van der Waals surface area contributed by atoms with Gasteiger partial charge in [0.2, 0.25) is 0 Å². The molecule has 90 valence electrons. The zero-order valence-electron chi connectivity index (χ0n) is 8.98. The van der Waals surface area contributed by atoms with Crippen molar-refractivity contribution in [3.8, 4) is 11.1 Å². The average Bonchev–Trinajstić information content (AvgIpc) is 2.30. The van der Waals surface area contributed by atoms with Gasteiger partial charge in [-0.15, -0.1) is 0 Å². The number of hydrogen-bond donors (Lipinski definition) is 3. The molecule has 0 amide bonds. The molecule has 0 aliphatic heterocycles. The molecule has 0 bridgehead atoms. The van der Waals surface area contributed by atoms with Crippen LogP contribution in [-0.2, 0) is 11.0 Å². The Labute approximate surface area is 101 Å². The van der Waals surface area contributed by atoms with Gasteiger partial charge in [-0.2, -0.15) is 0 Å². The Morgan fingerprint density at radius 2 is 1.24 bits per heavy atom. The molecular weight excluding hydrogens is 238 g/mol. The molecule has 0 aliphatic carbocycles. The minimum atomic E-state index is -3.12. The Hall–Kier alpha value is -1.85. The SMILES string of the molecule is Nc1ccc(-c2ccccc2)cc1.O=[SH](=O)O. The molecule has 0 saturated heterocycles. The van der Waals surface area contributed by atoms with E-state index in [1.807, 2.05) is 42.5 Å². The van der Waals surface area contributed by atoms with Crippen molar-refractivity contribution < 1.29 is 13.0 Å². The lowest BCUT2D eigenvalue weighted by Crippen LogP contribution is -1.83. The van der Waals surface area contributed by atoms with Crippen molar-refractivity contribution in [1.29, 1.82) is 0 Å². The predicted octanol–water partition coefficient (Wildman–Crippen LogP) is 2.01. The highest BCUT2D eigenvalue weighted by Crippen LogP contribution is 2.19. The number of anilines is 1. The smallest absolute Gasteiger partial charge is 0.254 e.